The van der Waals surface area contributed by atoms with Gasteiger partial charge >= 0.3 is 5.97 Å². The van der Waals surface area contributed by atoms with Crippen molar-refractivity contribution in [2.75, 3.05) is 26.4 Å². The molecule has 0 aromatic rings. The average Bonchev–Trinajstić information content (AvgIpc) is 2.73. The molecule has 0 radical (unpaired) electrons. The second kappa shape index (κ2) is 7.78. The van der Waals surface area contributed by atoms with Crippen LogP contribution in [-0.2, 0) is 23.9 Å². The third-order valence-electron chi connectivity index (χ3n) is 2.39. The fourth-order valence-corrected chi connectivity index (χ4v) is 1.49. The number of carboxylic acids is 1. The monoisotopic (exact) mass is 259 g/mol. The average molecular weight is 259 g/mol. The van der Waals surface area contributed by atoms with Gasteiger partial charge < -0.3 is 19.9 Å². The van der Waals surface area contributed by atoms with Crippen molar-refractivity contribution in [1.29, 1.82) is 0 Å². The molecule has 1 rings (SSSR count). The third kappa shape index (κ3) is 5.24. The van der Waals surface area contributed by atoms with E-state index < -0.39 is 18.0 Å². The molecule has 0 spiro atoms. The summed E-state index contributed by atoms with van der Waals surface area (Å²) >= 11 is 0. The number of carbonyl (C=O) groups is 3. The molecule has 1 unspecified atom stereocenters. The SMILES string of the molecule is O=C(O)CCCOCCNC(=O)C1OCCC1=O. The van der Waals surface area contributed by atoms with Gasteiger partial charge in [0.15, 0.2) is 11.9 Å². The van der Waals surface area contributed by atoms with Crippen molar-refractivity contribution in [3.05, 3.63) is 0 Å². The molecule has 0 aromatic carbocycles. The third-order valence-corrected chi connectivity index (χ3v) is 2.39. The molecule has 1 amide bonds. The molecule has 2 N–H and O–H groups in total. The first-order chi connectivity index (χ1) is 8.61. The Balaban J connectivity index is 1.99. The predicted molar refractivity (Wildman–Crippen MR) is 60.1 cm³/mol. The lowest BCUT2D eigenvalue weighted by molar-refractivity contribution is -0.138. The summed E-state index contributed by atoms with van der Waals surface area (Å²) in [6.07, 6.45) is -0.189. The van der Waals surface area contributed by atoms with Gasteiger partial charge in [-0.15, -0.1) is 0 Å². The number of aliphatic carboxylic acids is 1. The summed E-state index contributed by atoms with van der Waals surface area (Å²) in [6, 6.07) is 0. The van der Waals surface area contributed by atoms with Crippen LogP contribution in [0.4, 0.5) is 0 Å². The van der Waals surface area contributed by atoms with Gasteiger partial charge in [0.25, 0.3) is 5.91 Å². The van der Waals surface area contributed by atoms with Crippen LogP contribution >= 0.6 is 0 Å². The molecule has 7 heteroatoms. The van der Waals surface area contributed by atoms with Crippen LogP contribution in [0, 0.1) is 0 Å². The van der Waals surface area contributed by atoms with Crippen LogP contribution in [0.2, 0.25) is 0 Å². The molecule has 0 saturated carbocycles. The number of hydrogen-bond donors (Lipinski definition) is 2. The van der Waals surface area contributed by atoms with Crippen molar-refractivity contribution in [2.45, 2.75) is 25.4 Å². The zero-order valence-electron chi connectivity index (χ0n) is 10.0. The first kappa shape index (κ1) is 14.6. The Morgan fingerprint density at radius 2 is 2.22 bits per heavy atom. The minimum absolute atomic E-state index is 0.0662. The molecular weight excluding hydrogens is 242 g/mol. The normalized spacial score (nSPS) is 18.9. The van der Waals surface area contributed by atoms with E-state index in [9.17, 15) is 14.4 Å². The van der Waals surface area contributed by atoms with Gasteiger partial charge in [-0.1, -0.05) is 0 Å². The predicted octanol–water partition coefficient (Wildman–Crippen LogP) is -0.658. The Hall–Kier alpha value is -1.47. The molecule has 1 aliphatic heterocycles. The summed E-state index contributed by atoms with van der Waals surface area (Å²) < 4.78 is 10.1. The molecule has 1 atom stereocenters. The van der Waals surface area contributed by atoms with Crippen molar-refractivity contribution >= 4 is 17.7 Å². The maximum atomic E-state index is 11.4. The first-order valence-electron chi connectivity index (χ1n) is 5.83. The summed E-state index contributed by atoms with van der Waals surface area (Å²) in [5.74, 6) is -1.50. The van der Waals surface area contributed by atoms with E-state index in [1.807, 2.05) is 0 Å². The van der Waals surface area contributed by atoms with E-state index in [4.69, 9.17) is 14.6 Å². The number of carbonyl (C=O) groups excluding carboxylic acids is 2. The summed E-state index contributed by atoms with van der Waals surface area (Å²) in [5, 5.41) is 10.9. The Bertz CT molecular complexity index is 317. The molecular formula is C11H17NO6. The smallest absolute Gasteiger partial charge is 0.303 e. The Morgan fingerprint density at radius 1 is 1.44 bits per heavy atom. The summed E-state index contributed by atoms with van der Waals surface area (Å²) in [6.45, 7) is 1.19. The fourth-order valence-electron chi connectivity index (χ4n) is 1.49. The molecule has 0 aromatic heterocycles. The Labute approximate surface area is 104 Å². The maximum absolute atomic E-state index is 11.4. The van der Waals surface area contributed by atoms with E-state index >= 15 is 0 Å². The van der Waals surface area contributed by atoms with Gasteiger partial charge in [0.2, 0.25) is 0 Å². The summed E-state index contributed by atoms with van der Waals surface area (Å²) in [5.41, 5.74) is 0. The topological polar surface area (TPSA) is 102 Å². The number of hydrogen-bond acceptors (Lipinski definition) is 5. The van der Waals surface area contributed by atoms with Gasteiger partial charge in [-0.25, -0.2) is 0 Å². The van der Waals surface area contributed by atoms with Crippen molar-refractivity contribution in [3.8, 4) is 0 Å². The lowest BCUT2D eigenvalue weighted by atomic mass is 10.2. The van der Waals surface area contributed by atoms with Gasteiger partial charge in [0.1, 0.15) is 0 Å². The molecule has 7 nitrogen and oxygen atoms in total. The lowest BCUT2D eigenvalue weighted by Gasteiger charge is -2.09. The van der Waals surface area contributed by atoms with Gasteiger partial charge in [-0.2, -0.15) is 0 Å². The highest BCUT2D eigenvalue weighted by atomic mass is 16.5. The van der Waals surface area contributed by atoms with Crippen LogP contribution in [-0.4, -0.2) is 55.2 Å². The van der Waals surface area contributed by atoms with Crippen molar-refractivity contribution < 1.29 is 29.0 Å². The molecule has 1 fully saturated rings. The number of rotatable bonds is 8. The highest BCUT2D eigenvalue weighted by Crippen LogP contribution is 2.07. The van der Waals surface area contributed by atoms with Crippen molar-refractivity contribution in [1.82, 2.24) is 5.32 Å². The van der Waals surface area contributed by atoms with E-state index in [2.05, 4.69) is 5.32 Å². The van der Waals surface area contributed by atoms with Crippen LogP contribution < -0.4 is 5.32 Å². The van der Waals surface area contributed by atoms with E-state index in [-0.39, 0.29) is 31.8 Å². The lowest BCUT2D eigenvalue weighted by Crippen LogP contribution is -2.39. The van der Waals surface area contributed by atoms with Gasteiger partial charge in [-0.3, -0.25) is 14.4 Å². The zero-order valence-corrected chi connectivity index (χ0v) is 10.0. The summed E-state index contributed by atoms with van der Waals surface area (Å²) in [7, 11) is 0. The first-order valence-corrected chi connectivity index (χ1v) is 5.83. The highest BCUT2D eigenvalue weighted by Gasteiger charge is 2.31. The number of Topliss-reactive ketones (excluding diaryl/α,β-unsaturated/α-hetero) is 1. The van der Waals surface area contributed by atoms with Crippen LogP contribution in [0.3, 0.4) is 0 Å². The minimum Gasteiger partial charge on any atom is -0.481 e. The minimum atomic E-state index is -0.975. The number of nitrogens with one attached hydrogen (secondary N) is 1. The molecule has 102 valence electrons. The van der Waals surface area contributed by atoms with Crippen molar-refractivity contribution in [2.24, 2.45) is 0 Å². The van der Waals surface area contributed by atoms with E-state index in [0.29, 0.717) is 19.6 Å². The molecule has 1 heterocycles. The zero-order chi connectivity index (χ0) is 13.4. The highest BCUT2D eigenvalue weighted by molar-refractivity contribution is 6.05. The van der Waals surface area contributed by atoms with E-state index in [1.165, 1.54) is 0 Å². The number of ketones is 1. The number of carboxylic acid groups (broad SMARTS) is 1. The van der Waals surface area contributed by atoms with Gasteiger partial charge in [-0.05, 0) is 6.42 Å². The van der Waals surface area contributed by atoms with Crippen LogP contribution in [0.1, 0.15) is 19.3 Å². The largest absolute Gasteiger partial charge is 0.481 e. The molecule has 1 aliphatic rings. The fraction of sp³-hybridized carbons (Fsp3) is 0.727. The standard InChI is InChI=1S/C11H17NO6/c13-8-3-6-18-10(8)11(16)12-4-7-17-5-1-2-9(14)15/h10H,1-7H2,(H,12,16)(H,14,15). The quantitative estimate of drug-likeness (QED) is 0.443. The van der Waals surface area contributed by atoms with Crippen LogP contribution in [0.25, 0.3) is 0 Å². The maximum Gasteiger partial charge on any atom is 0.303 e. The van der Waals surface area contributed by atoms with Crippen molar-refractivity contribution in [3.63, 3.8) is 0 Å². The molecule has 0 aliphatic carbocycles. The van der Waals surface area contributed by atoms with E-state index in [1.54, 1.807) is 0 Å². The van der Waals surface area contributed by atoms with Crippen LogP contribution in [0.5, 0.6) is 0 Å². The molecule has 0 bridgehead atoms. The molecule has 1 saturated heterocycles. The second-order valence-electron chi connectivity index (χ2n) is 3.87. The second-order valence-corrected chi connectivity index (χ2v) is 3.87. The molecule has 18 heavy (non-hydrogen) atoms. The van der Waals surface area contributed by atoms with Gasteiger partial charge in [0.05, 0.1) is 13.2 Å². The Morgan fingerprint density at radius 3 is 2.83 bits per heavy atom. The number of amides is 1. The van der Waals surface area contributed by atoms with Crippen LogP contribution in [0.15, 0.2) is 0 Å². The summed E-state index contributed by atoms with van der Waals surface area (Å²) in [4.78, 5) is 32.8. The van der Waals surface area contributed by atoms with Gasteiger partial charge in [0, 0.05) is 26.0 Å². The van der Waals surface area contributed by atoms with E-state index in [0.717, 1.165) is 0 Å². The number of ether oxygens (including phenoxy) is 2. The Kier molecular flexibility index (Phi) is 6.31.